The number of nitrogens with one attached hydrogen (secondary N) is 1. The van der Waals surface area contributed by atoms with E-state index in [0.717, 1.165) is 37.4 Å². The summed E-state index contributed by atoms with van der Waals surface area (Å²) >= 11 is 1.77. The largest absolute Gasteiger partial charge is 0.351 e. The van der Waals surface area contributed by atoms with Gasteiger partial charge in [0, 0.05) is 23.3 Å². The van der Waals surface area contributed by atoms with Gasteiger partial charge in [0.05, 0.1) is 5.56 Å². The van der Waals surface area contributed by atoms with Crippen molar-refractivity contribution in [2.75, 3.05) is 26.2 Å². The Morgan fingerprint density at radius 3 is 3.00 bits per heavy atom. The maximum absolute atomic E-state index is 12.4. The van der Waals surface area contributed by atoms with Crippen molar-refractivity contribution in [3.63, 3.8) is 0 Å². The SMILES string of the molecule is C[C@H]1CCc2c(C(=O)NCCN3CCCCC3)csc2C1. The van der Waals surface area contributed by atoms with E-state index in [9.17, 15) is 4.79 Å². The highest BCUT2D eigenvalue weighted by molar-refractivity contribution is 7.10. The first-order valence-electron chi connectivity index (χ1n) is 8.34. The molecule has 1 amide bonds. The van der Waals surface area contributed by atoms with Crippen molar-refractivity contribution < 1.29 is 4.79 Å². The average Bonchev–Trinajstić information content (AvgIpc) is 2.91. The summed E-state index contributed by atoms with van der Waals surface area (Å²) in [5.41, 5.74) is 2.27. The number of fused-ring (bicyclic) bond motifs is 1. The lowest BCUT2D eigenvalue weighted by Crippen LogP contribution is -2.37. The zero-order valence-corrected chi connectivity index (χ0v) is 13.8. The highest BCUT2D eigenvalue weighted by Crippen LogP contribution is 2.32. The molecule has 1 fully saturated rings. The summed E-state index contributed by atoms with van der Waals surface area (Å²) in [4.78, 5) is 16.3. The Balaban J connectivity index is 1.51. The topological polar surface area (TPSA) is 32.3 Å². The van der Waals surface area contributed by atoms with Gasteiger partial charge in [-0.05, 0) is 56.7 Å². The molecular formula is C17H26N2OS. The van der Waals surface area contributed by atoms with Gasteiger partial charge in [-0.3, -0.25) is 4.79 Å². The fraction of sp³-hybridized carbons (Fsp3) is 0.706. The van der Waals surface area contributed by atoms with E-state index >= 15 is 0 Å². The second-order valence-electron chi connectivity index (χ2n) is 6.56. The van der Waals surface area contributed by atoms with Gasteiger partial charge in [0.25, 0.3) is 5.91 Å². The van der Waals surface area contributed by atoms with Crippen LogP contribution in [0.15, 0.2) is 5.38 Å². The molecule has 0 radical (unpaired) electrons. The second kappa shape index (κ2) is 6.93. The van der Waals surface area contributed by atoms with Gasteiger partial charge in [-0.25, -0.2) is 0 Å². The van der Waals surface area contributed by atoms with Gasteiger partial charge >= 0.3 is 0 Å². The number of amides is 1. The van der Waals surface area contributed by atoms with Crippen molar-refractivity contribution in [1.29, 1.82) is 0 Å². The Kier molecular flexibility index (Phi) is 4.96. The summed E-state index contributed by atoms with van der Waals surface area (Å²) in [7, 11) is 0. The number of hydrogen-bond acceptors (Lipinski definition) is 3. The van der Waals surface area contributed by atoms with Crippen LogP contribution in [0, 0.1) is 5.92 Å². The van der Waals surface area contributed by atoms with Crippen molar-refractivity contribution in [3.05, 3.63) is 21.4 Å². The van der Waals surface area contributed by atoms with Crippen LogP contribution in [0.1, 0.15) is 53.4 Å². The van der Waals surface area contributed by atoms with Crippen molar-refractivity contribution in [2.24, 2.45) is 5.92 Å². The lowest BCUT2D eigenvalue weighted by Gasteiger charge is -2.26. The molecular weight excluding hydrogens is 280 g/mol. The van der Waals surface area contributed by atoms with Crippen molar-refractivity contribution in [3.8, 4) is 0 Å². The third-order valence-corrected chi connectivity index (χ3v) is 5.86. The fourth-order valence-corrected chi connectivity index (χ4v) is 4.72. The molecule has 2 aliphatic rings. The first-order valence-corrected chi connectivity index (χ1v) is 9.22. The maximum atomic E-state index is 12.4. The van der Waals surface area contributed by atoms with E-state index in [0.29, 0.717) is 0 Å². The van der Waals surface area contributed by atoms with Gasteiger partial charge in [0.15, 0.2) is 0 Å². The smallest absolute Gasteiger partial charge is 0.252 e. The van der Waals surface area contributed by atoms with Crippen molar-refractivity contribution in [2.45, 2.75) is 45.4 Å². The number of carbonyl (C=O) groups excluding carboxylic acids is 1. The molecule has 3 rings (SSSR count). The van der Waals surface area contributed by atoms with E-state index in [1.54, 1.807) is 11.3 Å². The molecule has 0 unspecified atom stereocenters. The third kappa shape index (κ3) is 3.67. The van der Waals surface area contributed by atoms with Crippen LogP contribution < -0.4 is 5.32 Å². The second-order valence-corrected chi connectivity index (χ2v) is 7.52. The molecule has 1 aliphatic heterocycles. The summed E-state index contributed by atoms with van der Waals surface area (Å²) < 4.78 is 0. The number of likely N-dealkylation sites (tertiary alicyclic amines) is 1. The van der Waals surface area contributed by atoms with Crippen LogP contribution in [-0.2, 0) is 12.8 Å². The van der Waals surface area contributed by atoms with E-state index in [1.165, 1.54) is 49.2 Å². The Morgan fingerprint density at radius 1 is 1.38 bits per heavy atom. The molecule has 4 heteroatoms. The van der Waals surface area contributed by atoms with Crippen LogP contribution in [-0.4, -0.2) is 37.0 Å². The number of carbonyl (C=O) groups is 1. The molecule has 0 spiro atoms. The van der Waals surface area contributed by atoms with Crippen LogP contribution in [0.5, 0.6) is 0 Å². The average molecular weight is 306 g/mol. The summed E-state index contributed by atoms with van der Waals surface area (Å²) in [6.45, 7) is 6.47. The summed E-state index contributed by atoms with van der Waals surface area (Å²) in [5, 5.41) is 5.19. The standard InChI is InChI=1S/C17H26N2OS/c1-13-5-6-14-15(12-21-16(14)11-13)17(20)18-7-10-19-8-3-2-4-9-19/h12-13H,2-11H2,1H3,(H,18,20)/t13-/m0/s1. The van der Waals surface area contributed by atoms with Crippen LogP contribution in [0.4, 0.5) is 0 Å². The van der Waals surface area contributed by atoms with E-state index in [-0.39, 0.29) is 5.91 Å². The highest BCUT2D eigenvalue weighted by atomic mass is 32.1. The Labute approximate surface area is 131 Å². The summed E-state index contributed by atoms with van der Waals surface area (Å²) in [5.74, 6) is 0.908. The van der Waals surface area contributed by atoms with Gasteiger partial charge in [-0.15, -0.1) is 11.3 Å². The van der Waals surface area contributed by atoms with Crippen LogP contribution in [0.25, 0.3) is 0 Å². The number of piperidine rings is 1. The van der Waals surface area contributed by atoms with E-state index < -0.39 is 0 Å². The molecule has 1 aromatic rings. The quantitative estimate of drug-likeness (QED) is 0.927. The zero-order chi connectivity index (χ0) is 14.7. The molecule has 21 heavy (non-hydrogen) atoms. The first kappa shape index (κ1) is 15.0. The summed E-state index contributed by atoms with van der Waals surface area (Å²) in [6, 6.07) is 0. The van der Waals surface area contributed by atoms with Gasteiger partial charge < -0.3 is 10.2 Å². The van der Waals surface area contributed by atoms with Crippen LogP contribution >= 0.6 is 11.3 Å². The van der Waals surface area contributed by atoms with Crippen LogP contribution in [0.2, 0.25) is 0 Å². The molecule has 3 nitrogen and oxygen atoms in total. The molecule has 1 saturated heterocycles. The van der Waals surface area contributed by atoms with E-state index in [4.69, 9.17) is 0 Å². The number of hydrogen-bond donors (Lipinski definition) is 1. The molecule has 116 valence electrons. The first-order chi connectivity index (χ1) is 10.2. The predicted octanol–water partition coefficient (Wildman–Crippen LogP) is 3.09. The van der Waals surface area contributed by atoms with Gasteiger partial charge in [0.2, 0.25) is 0 Å². The van der Waals surface area contributed by atoms with Gasteiger partial charge in [-0.1, -0.05) is 13.3 Å². The minimum Gasteiger partial charge on any atom is -0.351 e. The minimum absolute atomic E-state index is 0.138. The molecule has 1 aromatic heterocycles. The molecule has 0 bridgehead atoms. The van der Waals surface area contributed by atoms with Crippen LogP contribution in [0.3, 0.4) is 0 Å². The molecule has 1 atom stereocenters. The highest BCUT2D eigenvalue weighted by Gasteiger charge is 2.23. The minimum atomic E-state index is 0.138. The Morgan fingerprint density at radius 2 is 2.19 bits per heavy atom. The predicted molar refractivity (Wildman–Crippen MR) is 88.1 cm³/mol. The normalized spacial score (nSPS) is 22.8. The number of rotatable bonds is 4. The number of thiophene rings is 1. The van der Waals surface area contributed by atoms with Crippen molar-refractivity contribution >= 4 is 17.2 Å². The van der Waals surface area contributed by atoms with Gasteiger partial charge in [0.1, 0.15) is 0 Å². The van der Waals surface area contributed by atoms with E-state index in [1.807, 2.05) is 0 Å². The molecule has 0 saturated carbocycles. The van der Waals surface area contributed by atoms with Gasteiger partial charge in [-0.2, -0.15) is 0 Å². The Hall–Kier alpha value is -0.870. The molecule has 2 heterocycles. The third-order valence-electron chi connectivity index (χ3n) is 4.81. The maximum Gasteiger partial charge on any atom is 0.252 e. The number of nitrogens with zero attached hydrogens (tertiary/aromatic N) is 1. The fourth-order valence-electron chi connectivity index (χ4n) is 3.47. The molecule has 0 aromatic carbocycles. The van der Waals surface area contributed by atoms with Crippen molar-refractivity contribution in [1.82, 2.24) is 10.2 Å². The zero-order valence-electron chi connectivity index (χ0n) is 13.0. The van der Waals surface area contributed by atoms with E-state index in [2.05, 4.69) is 22.5 Å². The monoisotopic (exact) mass is 306 g/mol. The lowest BCUT2D eigenvalue weighted by atomic mass is 9.88. The lowest BCUT2D eigenvalue weighted by molar-refractivity contribution is 0.0945. The molecule has 1 N–H and O–H groups in total. The Bertz CT molecular complexity index is 491. The molecule has 1 aliphatic carbocycles. The summed E-state index contributed by atoms with van der Waals surface area (Å²) in [6.07, 6.45) is 7.43.